The summed E-state index contributed by atoms with van der Waals surface area (Å²) in [6.45, 7) is 0. The van der Waals surface area contributed by atoms with Crippen molar-refractivity contribution in [3.63, 3.8) is 0 Å². The summed E-state index contributed by atoms with van der Waals surface area (Å²) < 4.78 is 5.29. The molecule has 1 saturated carbocycles. The normalized spacial score (nSPS) is 18.8. The molecule has 0 amide bonds. The van der Waals surface area contributed by atoms with Crippen LogP contribution in [0.1, 0.15) is 38.5 Å². The van der Waals surface area contributed by atoms with Crippen LogP contribution in [0.3, 0.4) is 0 Å². The molecule has 19 heavy (non-hydrogen) atoms. The summed E-state index contributed by atoms with van der Waals surface area (Å²) in [7, 11) is 1.73. The van der Waals surface area contributed by atoms with Crippen LogP contribution in [0.2, 0.25) is 0 Å². The van der Waals surface area contributed by atoms with E-state index in [2.05, 4.69) is 30.8 Å². The molecule has 0 aliphatic heterocycles. The average molecular weight is 297 g/mol. The molecule has 1 aromatic rings. The first kappa shape index (κ1) is 15.1. The summed E-state index contributed by atoms with van der Waals surface area (Å²) in [6.07, 6.45) is 8.23. The van der Waals surface area contributed by atoms with Crippen LogP contribution in [-0.4, -0.2) is 18.6 Å². The molecule has 1 aliphatic rings. The SMILES string of the molecule is COc1cccc(SCC2(CS)CCCCCC2)c1. The van der Waals surface area contributed by atoms with E-state index in [0.29, 0.717) is 5.41 Å². The number of rotatable bonds is 5. The lowest BCUT2D eigenvalue weighted by Crippen LogP contribution is -2.25. The van der Waals surface area contributed by atoms with Crippen molar-refractivity contribution in [2.75, 3.05) is 18.6 Å². The van der Waals surface area contributed by atoms with Crippen molar-refractivity contribution in [2.45, 2.75) is 43.4 Å². The van der Waals surface area contributed by atoms with Crippen LogP contribution < -0.4 is 4.74 Å². The maximum Gasteiger partial charge on any atom is 0.119 e. The van der Waals surface area contributed by atoms with Gasteiger partial charge in [-0.25, -0.2) is 0 Å². The standard InChI is InChI=1S/C16H24OS2/c1-17-14-7-6-8-15(11-14)19-13-16(12-18)9-4-2-3-5-10-16/h6-8,11,18H,2-5,9-10,12-13H2,1H3. The van der Waals surface area contributed by atoms with Crippen molar-refractivity contribution < 1.29 is 4.74 Å². The van der Waals surface area contributed by atoms with Gasteiger partial charge in [-0.1, -0.05) is 31.7 Å². The Morgan fingerprint density at radius 3 is 2.58 bits per heavy atom. The van der Waals surface area contributed by atoms with E-state index in [-0.39, 0.29) is 0 Å². The van der Waals surface area contributed by atoms with E-state index < -0.39 is 0 Å². The highest BCUT2D eigenvalue weighted by atomic mass is 32.2. The Balaban J connectivity index is 1.98. The zero-order chi connectivity index (χ0) is 13.6. The van der Waals surface area contributed by atoms with Crippen LogP contribution in [0.25, 0.3) is 0 Å². The highest BCUT2D eigenvalue weighted by Crippen LogP contribution is 2.40. The largest absolute Gasteiger partial charge is 0.497 e. The van der Waals surface area contributed by atoms with Gasteiger partial charge in [0, 0.05) is 10.6 Å². The second-order valence-electron chi connectivity index (χ2n) is 5.54. The molecule has 0 bridgehead atoms. The molecule has 0 radical (unpaired) electrons. The van der Waals surface area contributed by atoms with Crippen molar-refractivity contribution in [3.8, 4) is 5.75 Å². The van der Waals surface area contributed by atoms with Gasteiger partial charge in [-0.3, -0.25) is 0 Å². The maximum atomic E-state index is 5.29. The van der Waals surface area contributed by atoms with Crippen LogP contribution >= 0.6 is 24.4 Å². The average Bonchev–Trinajstić information content (AvgIpc) is 2.71. The Morgan fingerprint density at radius 2 is 1.95 bits per heavy atom. The number of hydrogen-bond donors (Lipinski definition) is 1. The molecular weight excluding hydrogens is 272 g/mol. The molecule has 0 unspecified atom stereocenters. The number of hydrogen-bond acceptors (Lipinski definition) is 3. The van der Waals surface area contributed by atoms with E-state index in [9.17, 15) is 0 Å². The van der Waals surface area contributed by atoms with Crippen LogP contribution in [0.15, 0.2) is 29.2 Å². The Labute approximate surface area is 126 Å². The molecule has 1 aromatic carbocycles. The maximum absolute atomic E-state index is 5.29. The molecule has 106 valence electrons. The molecule has 0 aromatic heterocycles. The number of thiol groups is 1. The third kappa shape index (κ3) is 4.35. The van der Waals surface area contributed by atoms with Gasteiger partial charge in [-0.15, -0.1) is 11.8 Å². The molecule has 3 heteroatoms. The van der Waals surface area contributed by atoms with Gasteiger partial charge in [0.15, 0.2) is 0 Å². The first-order valence-electron chi connectivity index (χ1n) is 7.16. The predicted octanol–water partition coefficient (Wildman–Crippen LogP) is 5.06. The molecule has 0 N–H and O–H groups in total. The van der Waals surface area contributed by atoms with E-state index in [1.807, 2.05) is 17.8 Å². The van der Waals surface area contributed by atoms with E-state index >= 15 is 0 Å². The first-order valence-corrected chi connectivity index (χ1v) is 8.78. The van der Waals surface area contributed by atoms with Gasteiger partial charge in [-0.2, -0.15) is 12.6 Å². The summed E-state index contributed by atoms with van der Waals surface area (Å²) in [5, 5.41) is 0. The van der Waals surface area contributed by atoms with Gasteiger partial charge in [-0.05, 0) is 42.2 Å². The van der Waals surface area contributed by atoms with Crippen molar-refractivity contribution in [2.24, 2.45) is 5.41 Å². The highest BCUT2D eigenvalue weighted by molar-refractivity contribution is 7.99. The van der Waals surface area contributed by atoms with Crippen molar-refractivity contribution in [1.82, 2.24) is 0 Å². The van der Waals surface area contributed by atoms with Crippen molar-refractivity contribution in [1.29, 1.82) is 0 Å². The highest BCUT2D eigenvalue weighted by Gasteiger charge is 2.29. The lowest BCUT2D eigenvalue weighted by Gasteiger charge is -2.30. The summed E-state index contributed by atoms with van der Waals surface area (Å²) in [5.41, 5.74) is 0.438. The number of ether oxygens (including phenoxy) is 1. The third-order valence-corrected chi connectivity index (χ3v) is 6.10. The fraction of sp³-hybridized carbons (Fsp3) is 0.625. The van der Waals surface area contributed by atoms with Crippen LogP contribution in [-0.2, 0) is 0 Å². The van der Waals surface area contributed by atoms with Crippen molar-refractivity contribution >= 4 is 24.4 Å². The lowest BCUT2D eigenvalue weighted by molar-refractivity contribution is 0.332. The van der Waals surface area contributed by atoms with E-state index in [1.165, 1.54) is 49.2 Å². The van der Waals surface area contributed by atoms with Gasteiger partial charge in [0.1, 0.15) is 5.75 Å². The topological polar surface area (TPSA) is 9.23 Å². The second kappa shape index (κ2) is 7.49. The Kier molecular flexibility index (Phi) is 5.96. The number of methoxy groups -OCH3 is 1. The molecule has 0 heterocycles. The van der Waals surface area contributed by atoms with E-state index in [0.717, 1.165) is 11.5 Å². The van der Waals surface area contributed by atoms with E-state index in [4.69, 9.17) is 4.74 Å². The van der Waals surface area contributed by atoms with Crippen LogP contribution in [0, 0.1) is 5.41 Å². The molecule has 0 atom stereocenters. The van der Waals surface area contributed by atoms with Gasteiger partial charge in [0.2, 0.25) is 0 Å². The zero-order valence-corrected chi connectivity index (χ0v) is 13.4. The molecule has 2 rings (SSSR count). The van der Waals surface area contributed by atoms with Crippen LogP contribution in [0.4, 0.5) is 0 Å². The third-order valence-electron chi connectivity index (χ3n) is 4.09. The van der Waals surface area contributed by atoms with Gasteiger partial charge < -0.3 is 4.74 Å². The zero-order valence-electron chi connectivity index (χ0n) is 11.7. The molecule has 1 nitrogen and oxygen atoms in total. The molecule has 0 spiro atoms. The Hall–Kier alpha value is -0.280. The van der Waals surface area contributed by atoms with Gasteiger partial charge in [0.25, 0.3) is 0 Å². The summed E-state index contributed by atoms with van der Waals surface area (Å²) in [6, 6.07) is 8.38. The predicted molar refractivity (Wildman–Crippen MR) is 87.7 cm³/mol. The summed E-state index contributed by atoms with van der Waals surface area (Å²) in [5.74, 6) is 3.15. The molecule has 0 saturated heterocycles. The minimum atomic E-state index is 0.438. The Morgan fingerprint density at radius 1 is 1.21 bits per heavy atom. The minimum Gasteiger partial charge on any atom is -0.497 e. The Bertz CT molecular complexity index is 384. The smallest absolute Gasteiger partial charge is 0.119 e. The quantitative estimate of drug-likeness (QED) is 0.462. The van der Waals surface area contributed by atoms with Crippen molar-refractivity contribution in [3.05, 3.63) is 24.3 Å². The number of benzene rings is 1. The lowest BCUT2D eigenvalue weighted by atomic mass is 9.84. The fourth-order valence-corrected chi connectivity index (χ4v) is 4.57. The van der Waals surface area contributed by atoms with Gasteiger partial charge in [0.05, 0.1) is 7.11 Å². The number of thioether (sulfide) groups is 1. The molecule has 1 aliphatic carbocycles. The summed E-state index contributed by atoms with van der Waals surface area (Å²) >= 11 is 6.60. The first-order chi connectivity index (χ1) is 9.28. The molecular formula is C16H24OS2. The van der Waals surface area contributed by atoms with Crippen LogP contribution in [0.5, 0.6) is 5.75 Å². The second-order valence-corrected chi connectivity index (χ2v) is 6.90. The monoisotopic (exact) mass is 296 g/mol. The fourth-order valence-electron chi connectivity index (χ4n) is 2.75. The molecule has 1 fully saturated rings. The van der Waals surface area contributed by atoms with Gasteiger partial charge >= 0.3 is 0 Å². The van der Waals surface area contributed by atoms with E-state index in [1.54, 1.807) is 7.11 Å². The minimum absolute atomic E-state index is 0.438. The summed E-state index contributed by atoms with van der Waals surface area (Å²) in [4.78, 5) is 1.31.